The molecule has 1 heterocycles. The number of hydrogen-bond acceptors (Lipinski definition) is 2. The highest BCUT2D eigenvalue weighted by molar-refractivity contribution is 5.51. The highest BCUT2D eigenvalue weighted by Crippen LogP contribution is 2.37. The lowest BCUT2D eigenvalue weighted by molar-refractivity contribution is 0.312. The zero-order valence-corrected chi connectivity index (χ0v) is 11.7. The van der Waals surface area contributed by atoms with Crippen LogP contribution in [0.5, 0.6) is 11.5 Å². The van der Waals surface area contributed by atoms with Crippen LogP contribution in [-0.4, -0.2) is 13.2 Å². The number of rotatable bonds is 7. The standard InChI is InChI=1S/C17H22O2/c1-3-5-6-7-8-14-12-15-9-11-19-17(15)16(13-14)18-10-4-2/h2,12-13H,3,5-11H2,1H3. The van der Waals surface area contributed by atoms with Crippen molar-refractivity contribution in [1.82, 2.24) is 0 Å². The Bertz CT molecular complexity index is 457. The van der Waals surface area contributed by atoms with Crippen molar-refractivity contribution in [2.75, 3.05) is 13.2 Å². The minimum absolute atomic E-state index is 0.301. The van der Waals surface area contributed by atoms with Crippen LogP contribution in [0.25, 0.3) is 0 Å². The summed E-state index contributed by atoms with van der Waals surface area (Å²) in [4.78, 5) is 0. The first-order valence-corrected chi connectivity index (χ1v) is 7.20. The highest BCUT2D eigenvalue weighted by atomic mass is 16.5. The third kappa shape index (κ3) is 3.67. The SMILES string of the molecule is C#CCOc1cc(CCCCCC)cc2c1OCC2. The summed E-state index contributed by atoms with van der Waals surface area (Å²) in [6.07, 6.45) is 12.5. The van der Waals surface area contributed by atoms with Crippen molar-refractivity contribution in [3.05, 3.63) is 23.3 Å². The number of fused-ring (bicyclic) bond motifs is 1. The van der Waals surface area contributed by atoms with E-state index in [9.17, 15) is 0 Å². The van der Waals surface area contributed by atoms with Crippen LogP contribution in [0.2, 0.25) is 0 Å². The predicted octanol–water partition coefficient (Wildman–Crippen LogP) is 3.76. The third-order valence-electron chi connectivity index (χ3n) is 3.44. The molecule has 2 nitrogen and oxygen atoms in total. The molecule has 0 aliphatic carbocycles. The summed E-state index contributed by atoms with van der Waals surface area (Å²) in [6.45, 7) is 3.29. The van der Waals surface area contributed by atoms with E-state index >= 15 is 0 Å². The predicted molar refractivity (Wildman–Crippen MR) is 77.8 cm³/mol. The summed E-state index contributed by atoms with van der Waals surface area (Å²) < 4.78 is 11.2. The van der Waals surface area contributed by atoms with Gasteiger partial charge in [0.05, 0.1) is 6.61 Å². The summed E-state index contributed by atoms with van der Waals surface area (Å²) in [7, 11) is 0. The molecule has 0 bridgehead atoms. The molecule has 19 heavy (non-hydrogen) atoms. The summed E-state index contributed by atoms with van der Waals surface area (Å²) >= 11 is 0. The highest BCUT2D eigenvalue weighted by Gasteiger charge is 2.18. The average molecular weight is 258 g/mol. The van der Waals surface area contributed by atoms with Crippen molar-refractivity contribution in [3.8, 4) is 23.8 Å². The Balaban J connectivity index is 2.05. The molecule has 102 valence electrons. The first-order valence-electron chi connectivity index (χ1n) is 7.20. The fourth-order valence-electron chi connectivity index (χ4n) is 2.46. The fourth-order valence-corrected chi connectivity index (χ4v) is 2.46. The van der Waals surface area contributed by atoms with E-state index in [1.807, 2.05) is 0 Å². The van der Waals surface area contributed by atoms with Crippen LogP contribution in [0.4, 0.5) is 0 Å². The number of ether oxygens (including phenoxy) is 2. The monoisotopic (exact) mass is 258 g/mol. The van der Waals surface area contributed by atoms with Gasteiger partial charge in [-0.3, -0.25) is 0 Å². The number of hydrogen-bond donors (Lipinski definition) is 0. The van der Waals surface area contributed by atoms with Gasteiger partial charge in [-0.25, -0.2) is 0 Å². The summed E-state index contributed by atoms with van der Waals surface area (Å²) in [5.41, 5.74) is 2.60. The summed E-state index contributed by atoms with van der Waals surface area (Å²) in [5.74, 6) is 4.22. The summed E-state index contributed by atoms with van der Waals surface area (Å²) in [5, 5.41) is 0. The van der Waals surface area contributed by atoms with Gasteiger partial charge in [-0.2, -0.15) is 0 Å². The molecule has 1 aromatic rings. The van der Waals surface area contributed by atoms with Crippen molar-refractivity contribution in [2.45, 2.75) is 45.4 Å². The molecule has 1 aliphatic rings. The number of aryl methyl sites for hydroxylation is 1. The van der Waals surface area contributed by atoms with Crippen molar-refractivity contribution in [2.24, 2.45) is 0 Å². The topological polar surface area (TPSA) is 18.5 Å². The van der Waals surface area contributed by atoms with Gasteiger partial charge in [0.15, 0.2) is 11.5 Å². The maximum absolute atomic E-state index is 5.63. The lowest BCUT2D eigenvalue weighted by Crippen LogP contribution is -1.98. The molecule has 0 saturated heterocycles. The van der Waals surface area contributed by atoms with Gasteiger partial charge in [-0.15, -0.1) is 6.42 Å². The van der Waals surface area contributed by atoms with Gasteiger partial charge >= 0.3 is 0 Å². The van der Waals surface area contributed by atoms with E-state index in [0.717, 1.165) is 30.9 Å². The molecule has 0 amide bonds. The molecule has 0 aromatic heterocycles. The van der Waals surface area contributed by atoms with E-state index in [4.69, 9.17) is 15.9 Å². The van der Waals surface area contributed by atoms with Gasteiger partial charge in [0.25, 0.3) is 0 Å². The second-order valence-corrected chi connectivity index (χ2v) is 4.98. The lowest BCUT2D eigenvalue weighted by Gasteiger charge is -2.11. The molecule has 1 aliphatic heterocycles. The Morgan fingerprint density at radius 3 is 3.00 bits per heavy atom. The van der Waals surface area contributed by atoms with E-state index < -0.39 is 0 Å². The number of terminal acetylenes is 1. The minimum Gasteiger partial charge on any atom is -0.489 e. The lowest BCUT2D eigenvalue weighted by atomic mass is 10.0. The number of benzene rings is 1. The van der Waals surface area contributed by atoms with Gasteiger partial charge in [0, 0.05) is 12.0 Å². The van der Waals surface area contributed by atoms with Crippen molar-refractivity contribution >= 4 is 0 Å². The molecule has 0 unspecified atom stereocenters. The van der Waals surface area contributed by atoms with Crippen molar-refractivity contribution < 1.29 is 9.47 Å². The van der Waals surface area contributed by atoms with E-state index in [-0.39, 0.29) is 0 Å². The molecular formula is C17H22O2. The second-order valence-electron chi connectivity index (χ2n) is 4.98. The van der Waals surface area contributed by atoms with Gasteiger partial charge in [-0.1, -0.05) is 38.2 Å². The van der Waals surface area contributed by atoms with Crippen LogP contribution < -0.4 is 9.47 Å². The summed E-state index contributed by atoms with van der Waals surface area (Å²) in [6, 6.07) is 4.35. The Morgan fingerprint density at radius 1 is 1.32 bits per heavy atom. The third-order valence-corrected chi connectivity index (χ3v) is 3.44. The molecule has 1 aromatic carbocycles. The first-order chi connectivity index (χ1) is 9.35. The number of unbranched alkanes of at least 4 members (excludes halogenated alkanes) is 3. The van der Waals surface area contributed by atoms with Gasteiger partial charge in [-0.05, 0) is 24.5 Å². The Kier molecular flexibility index (Phi) is 5.15. The maximum Gasteiger partial charge on any atom is 0.164 e. The average Bonchev–Trinajstić information content (AvgIpc) is 2.89. The molecule has 0 radical (unpaired) electrons. The molecular weight excluding hydrogens is 236 g/mol. The van der Waals surface area contributed by atoms with E-state index in [0.29, 0.717) is 6.61 Å². The van der Waals surface area contributed by atoms with Crippen LogP contribution in [0.3, 0.4) is 0 Å². The van der Waals surface area contributed by atoms with E-state index in [2.05, 4.69) is 25.0 Å². The smallest absolute Gasteiger partial charge is 0.164 e. The fraction of sp³-hybridized carbons (Fsp3) is 0.529. The van der Waals surface area contributed by atoms with Gasteiger partial charge in [0.1, 0.15) is 6.61 Å². The molecule has 0 spiro atoms. The Morgan fingerprint density at radius 2 is 2.21 bits per heavy atom. The molecule has 2 heteroatoms. The quantitative estimate of drug-likeness (QED) is 0.547. The van der Waals surface area contributed by atoms with Crippen molar-refractivity contribution in [1.29, 1.82) is 0 Å². The van der Waals surface area contributed by atoms with Crippen LogP contribution in [0.1, 0.15) is 43.7 Å². The first kappa shape index (κ1) is 13.8. The second kappa shape index (κ2) is 7.09. The van der Waals surface area contributed by atoms with Gasteiger partial charge in [0.2, 0.25) is 0 Å². The largest absolute Gasteiger partial charge is 0.489 e. The van der Waals surface area contributed by atoms with Crippen LogP contribution in [0.15, 0.2) is 12.1 Å². The molecule has 0 fully saturated rings. The molecule has 0 saturated carbocycles. The van der Waals surface area contributed by atoms with Crippen LogP contribution >= 0.6 is 0 Å². The van der Waals surface area contributed by atoms with E-state index in [1.165, 1.54) is 36.8 Å². The van der Waals surface area contributed by atoms with Crippen molar-refractivity contribution in [3.63, 3.8) is 0 Å². The molecule has 0 atom stereocenters. The van der Waals surface area contributed by atoms with E-state index in [1.54, 1.807) is 0 Å². The zero-order valence-electron chi connectivity index (χ0n) is 11.7. The van der Waals surface area contributed by atoms with Crippen LogP contribution in [0, 0.1) is 12.3 Å². The zero-order chi connectivity index (χ0) is 13.5. The molecule has 2 rings (SSSR count). The Labute approximate surface area is 116 Å². The van der Waals surface area contributed by atoms with Crippen LogP contribution in [-0.2, 0) is 12.8 Å². The minimum atomic E-state index is 0.301. The van der Waals surface area contributed by atoms with Gasteiger partial charge < -0.3 is 9.47 Å². The molecule has 0 N–H and O–H groups in total. The Hall–Kier alpha value is -1.62. The normalized spacial score (nSPS) is 12.6. The maximum atomic E-state index is 5.63.